The first kappa shape index (κ1) is 12.2. The summed E-state index contributed by atoms with van der Waals surface area (Å²) < 4.78 is 43.6. The number of rotatable bonds is 5. The quantitative estimate of drug-likeness (QED) is 0.498. The van der Waals surface area contributed by atoms with Crippen molar-refractivity contribution in [3.8, 4) is 0 Å². The van der Waals surface area contributed by atoms with E-state index in [0.29, 0.717) is 6.61 Å². The highest BCUT2D eigenvalue weighted by molar-refractivity contribution is 5.70. The van der Waals surface area contributed by atoms with Gasteiger partial charge >= 0.3 is 12.1 Å². The van der Waals surface area contributed by atoms with E-state index < -0.39 is 18.6 Å². The molecule has 0 rings (SSSR count). The molecule has 3 nitrogen and oxygen atoms in total. The van der Waals surface area contributed by atoms with Crippen LogP contribution in [0.25, 0.3) is 0 Å². The monoisotopic (exact) mass is 200 g/mol. The lowest BCUT2D eigenvalue weighted by Crippen LogP contribution is -2.18. The van der Waals surface area contributed by atoms with Gasteiger partial charge in [0.15, 0.2) is 0 Å². The Morgan fingerprint density at radius 2 is 1.92 bits per heavy atom. The Balaban J connectivity index is 3.41. The molecular formula is C7H11F3O3. The predicted molar refractivity (Wildman–Crippen MR) is 38.1 cm³/mol. The van der Waals surface area contributed by atoms with Crippen LogP contribution >= 0.6 is 0 Å². The molecule has 0 atom stereocenters. The third kappa shape index (κ3) is 9.13. The molecule has 6 heteroatoms. The molecule has 0 spiro atoms. The maximum absolute atomic E-state index is 11.5. The fourth-order valence-corrected chi connectivity index (χ4v) is 0.573. The molecule has 78 valence electrons. The van der Waals surface area contributed by atoms with Gasteiger partial charge in [-0.25, -0.2) is 0 Å². The molecule has 0 aromatic carbocycles. The highest BCUT2D eigenvalue weighted by Crippen LogP contribution is 2.19. The van der Waals surface area contributed by atoms with Crippen LogP contribution in [0, 0.1) is 0 Å². The Morgan fingerprint density at radius 1 is 1.31 bits per heavy atom. The number of carbonyl (C=O) groups excluding carboxylic acids is 1. The standard InChI is InChI=1S/C7H11F3O3/c1-2-12-3-4-13-6(11)5-7(8,9)10/h2-5H2,1H3. The largest absolute Gasteiger partial charge is 0.463 e. The summed E-state index contributed by atoms with van der Waals surface area (Å²) in [5, 5.41) is 0. The molecule has 0 unspecified atom stereocenters. The number of halogens is 3. The van der Waals surface area contributed by atoms with Crippen molar-refractivity contribution in [2.24, 2.45) is 0 Å². The van der Waals surface area contributed by atoms with Crippen LogP contribution < -0.4 is 0 Å². The maximum Gasteiger partial charge on any atom is 0.399 e. The molecule has 0 aromatic heterocycles. The van der Waals surface area contributed by atoms with E-state index in [1.165, 1.54) is 0 Å². The van der Waals surface area contributed by atoms with Gasteiger partial charge in [0.25, 0.3) is 0 Å². The zero-order valence-corrected chi connectivity index (χ0v) is 7.19. The normalized spacial score (nSPS) is 11.4. The van der Waals surface area contributed by atoms with Crippen LogP contribution in [0.2, 0.25) is 0 Å². The van der Waals surface area contributed by atoms with Gasteiger partial charge in [-0.05, 0) is 6.92 Å². The molecule has 0 N–H and O–H groups in total. The molecule has 0 saturated carbocycles. The van der Waals surface area contributed by atoms with Crippen molar-refractivity contribution < 1.29 is 27.4 Å². The number of alkyl halides is 3. The van der Waals surface area contributed by atoms with Crippen LogP contribution in [-0.2, 0) is 14.3 Å². The maximum atomic E-state index is 11.5. The van der Waals surface area contributed by atoms with E-state index in [1.54, 1.807) is 6.92 Å². The first-order chi connectivity index (χ1) is 5.95. The average Bonchev–Trinajstić information content (AvgIpc) is 1.94. The van der Waals surface area contributed by atoms with Gasteiger partial charge in [0.05, 0.1) is 6.61 Å². The van der Waals surface area contributed by atoms with Crippen molar-refractivity contribution >= 4 is 5.97 Å². The minimum Gasteiger partial charge on any atom is -0.463 e. The molecule has 0 bridgehead atoms. The molecule has 0 aliphatic heterocycles. The molecule has 0 heterocycles. The Bertz CT molecular complexity index is 156. The Kier molecular flexibility index (Phi) is 5.45. The molecular weight excluding hydrogens is 189 g/mol. The van der Waals surface area contributed by atoms with Crippen molar-refractivity contribution in [1.82, 2.24) is 0 Å². The summed E-state index contributed by atoms with van der Waals surface area (Å²) in [6.07, 6.45) is -6.04. The zero-order chi connectivity index (χ0) is 10.3. The molecule has 0 aliphatic carbocycles. The van der Waals surface area contributed by atoms with E-state index in [9.17, 15) is 18.0 Å². The number of ether oxygens (including phenoxy) is 2. The van der Waals surface area contributed by atoms with E-state index >= 15 is 0 Å². The summed E-state index contributed by atoms with van der Waals surface area (Å²) in [5.41, 5.74) is 0. The van der Waals surface area contributed by atoms with Gasteiger partial charge in [-0.2, -0.15) is 13.2 Å². The number of hydrogen-bond acceptors (Lipinski definition) is 3. The first-order valence-electron chi connectivity index (χ1n) is 3.76. The summed E-state index contributed by atoms with van der Waals surface area (Å²) in [5.74, 6) is -1.27. The van der Waals surface area contributed by atoms with Crippen LogP contribution in [0.15, 0.2) is 0 Å². The number of carbonyl (C=O) groups is 1. The lowest BCUT2D eigenvalue weighted by Gasteiger charge is -2.06. The van der Waals surface area contributed by atoms with E-state index in [1.807, 2.05) is 0 Å². The van der Waals surface area contributed by atoms with Gasteiger partial charge in [-0.1, -0.05) is 0 Å². The summed E-state index contributed by atoms with van der Waals surface area (Å²) in [6, 6.07) is 0. The Labute approximate surface area is 73.8 Å². The molecule has 0 radical (unpaired) electrons. The zero-order valence-electron chi connectivity index (χ0n) is 7.19. The Morgan fingerprint density at radius 3 is 2.38 bits per heavy atom. The minimum absolute atomic E-state index is 0.125. The molecule has 0 fully saturated rings. The van der Waals surface area contributed by atoms with Gasteiger partial charge in [-0.3, -0.25) is 4.79 Å². The fraction of sp³-hybridized carbons (Fsp3) is 0.857. The van der Waals surface area contributed by atoms with Crippen LogP contribution in [0.1, 0.15) is 13.3 Å². The average molecular weight is 200 g/mol. The number of esters is 1. The van der Waals surface area contributed by atoms with E-state index in [0.717, 1.165) is 0 Å². The summed E-state index contributed by atoms with van der Waals surface area (Å²) in [6.45, 7) is 2.16. The van der Waals surface area contributed by atoms with E-state index in [4.69, 9.17) is 4.74 Å². The molecule has 0 amide bonds. The highest BCUT2D eigenvalue weighted by Gasteiger charge is 2.32. The topological polar surface area (TPSA) is 35.5 Å². The van der Waals surface area contributed by atoms with Crippen LogP contribution in [0.5, 0.6) is 0 Å². The third-order valence-electron chi connectivity index (χ3n) is 1.04. The summed E-state index contributed by atoms with van der Waals surface area (Å²) in [7, 11) is 0. The lowest BCUT2D eigenvalue weighted by atomic mass is 10.4. The van der Waals surface area contributed by atoms with Crippen LogP contribution in [0.3, 0.4) is 0 Å². The smallest absolute Gasteiger partial charge is 0.399 e. The third-order valence-corrected chi connectivity index (χ3v) is 1.04. The second-order valence-corrected chi connectivity index (χ2v) is 2.21. The second-order valence-electron chi connectivity index (χ2n) is 2.21. The van der Waals surface area contributed by atoms with Crippen molar-refractivity contribution in [2.75, 3.05) is 19.8 Å². The van der Waals surface area contributed by atoms with Crippen LogP contribution in [0.4, 0.5) is 13.2 Å². The van der Waals surface area contributed by atoms with Gasteiger partial charge in [0, 0.05) is 6.61 Å². The van der Waals surface area contributed by atoms with Crippen molar-refractivity contribution in [1.29, 1.82) is 0 Å². The van der Waals surface area contributed by atoms with E-state index in [-0.39, 0.29) is 13.2 Å². The van der Waals surface area contributed by atoms with Crippen molar-refractivity contribution in [3.63, 3.8) is 0 Å². The predicted octanol–water partition coefficient (Wildman–Crippen LogP) is 1.52. The van der Waals surface area contributed by atoms with Gasteiger partial charge in [0.2, 0.25) is 0 Å². The van der Waals surface area contributed by atoms with E-state index in [2.05, 4.69) is 4.74 Å². The minimum atomic E-state index is -4.50. The van der Waals surface area contributed by atoms with Gasteiger partial charge in [0.1, 0.15) is 13.0 Å². The summed E-state index contributed by atoms with van der Waals surface area (Å²) >= 11 is 0. The number of hydrogen-bond donors (Lipinski definition) is 0. The second kappa shape index (κ2) is 5.80. The Hall–Kier alpha value is -0.780. The lowest BCUT2D eigenvalue weighted by molar-refractivity contribution is -0.172. The summed E-state index contributed by atoms with van der Waals surface area (Å²) in [4.78, 5) is 10.4. The van der Waals surface area contributed by atoms with Crippen LogP contribution in [-0.4, -0.2) is 32.0 Å². The fourth-order valence-electron chi connectivity index (χ4n) is 0.573. The molecule has 0 aromatic rings. The SMILES string of the molecule is CCOCCOC(=O)CC(F)(F)F. The van der Waals surface area contributed by atoms with Crippen molar-refractivity contribution in [3.05, 3.63) is 0 Å². The highest BCUT2D eigenvalue weighted by atomic mass is 19.4. The molecule has 13 heavy (non-hydrogen) atoms. The van der Waals surface area contributed by atoms with Gasteiger partial charge < -0.3 is 9.47 Å². The first-order valence-corrected chi connectivity index (χ1v) is 3.76. The van der Waals surface area contributed by atoms with Gasteiger partial charge in [-0.15, -0.1) is 0 Å². The molecule has 0 saturated heterocycles. The van der Waals surface area contributed by atoms with Crippen molar-refractivity contribution in [2.45, 2.75) is 19.5 Å². The molecule has 0 aliphatic rings.